The third-order valence-electron chi connectivity index (χ3n) is 5.28. The number of halogens is 1. The Morgan fingerprint density at radius 2 is 2.00 bits per heavy atom. The first-order chi connectivity index (χ1) is 13.7. The third-order valence-corrected chi connectivity index (χ3v) is 5.28. The summed E-state index contributed by atoms with van der Waals surface area (Å²) in [6, 6.07) is 7.97. The van der Waals surface area contributed by atoms with E-state index in [0.717, 1.165) is 55.9 Å². The molecule has 1 saturated heterocycles. The number of hydrogen-bond acceptors (Lipinski definition) is 4. The van der Waals surface area contributed by atoms with Crippen molar-refractivity contribution in [1.29, 1.82) is 0 Å². The van der Waals surface area contributed by atoms with Crippen LogP contribution in [0.15, 0.2) is 29.3 Å². The fraction of sp³-hybridized carbons (Fsp3) is 0.682. The molecule has 1 fully saturated rings. The van der Waals surface area contributed by atoms with Crippen LogP contribution in [0, 0.1) is 5.92 Å². The van der Waals surface area contributed by atoms with Gasteiger partial charge in [-0.3, -0.25) is 4.99 Å². The van der Waals surface area contributed by atoms with Crippen LogP contribution in [-0.4, -0.2) is 75.3 Å². The molecule has 1 aliphatic heterocycles. The van der Waals surface area contributed by atoms with Crippen molar-refractivity contribution < 1.29 is 9.47 Å². The number of nitrogens with zero attached hydrogens (tertiary/aromatic N) is 3. The lowest BCUT2D eigenvalue weighted by atomic mass is 10.1. The predicted molar refractivity (Wildman–Crippen MR) is 132 cm³/mol. The van der Waals surface area contributed by atoms with E-state index >= 15 is 0 Å². The molecule has 29 heavy (non-hydrogen) atoms. The zero-order valence-corrected chi connectivity index (χ0v) is 20.9. The van der Waals surface area contributed by atoms with E-state index in [1.54, 1.807) is 7.11 Å². The van der Waals surface area contributed by atoms with Crippen molar-refractivity contribution >= 4 is 29.9 Å². The van der Waals surface area contributed by atoms with Gasteiger partial charge < -0.3 is 24.6 Å². The highest BCUT2D eigenvalue weighted by Gasteiger charge is 2.25. The van der Waals surface area contributed by atoms with Crippen molar-refractivity contribution in [1.82, 2.24) is 15.1 Å². The van der Waals surface area contributed by atoms with Crippen LogP contribution in [0.2, 0.25) is 0 Å². The number of guanidine groups is 1. The van der Waals surface area contributed by atoms with E-state index in [1.165, 1.54) is 13.0 Å². The summed E-state index contributed by atoms with van der Waals surface area (Å²) in [5, 5.41) is 3.44. The molecular formula is C22H39IN4O2. The molecule has 0 amide bonds. The molecule has 1 atom stereocenters. The number of para-hydroxylation sites is 1. The van der Waals surface area contributed by atoms with Gasteiger partial charge in [-0.05, 0) is 38.4 Å². The molecule has 1 unspecified atom stereocenters. The Labute approximate surface area is 194 Å². The Hall–Kier alpha value is -1.06. The number of methoxy groups -OCH3 is 1. The van der Waals surface area contributed by atoms with Crippen LogP contribution >= 0.6 is 24.0 Å². The number of benzene rings is 1. The Balaban J connectivity index is 0.00000420. The van der Waals surface area contributed by atoms with Gasteiger partial charge in [-0.2, -0.15) is 0 Å². The minimum absolute atomic E-state index is 0. The van der Waals surface area contributed by atoms with Crippen LogP contribution in [0.1, 0.15) is 32.8 Å². The van der Waals surface area contributed by atoms with Crippen LogP contribution in [0.5, 0.6) is 5.75 Å². The van der Waals surface area contributed by atoms with E-state index in [4.69, 9.17) is 14.5 Å². The summed E-state index contributed by atoms with van der Waals surface area (Å²) < 4.78 is 11.2. The maximum atomic E-state index is 5.82. The van der Waals surface area contributed by atoms with Gasteiger partial charge in [0.15, 0.2) is 5.96 Å². The van der Waals surface area contributed by atoms with Gasteiger partial charge in [0.2, 0.25) is 0 Å². The standard InChI is InChI=1S/C22H38N4O2.HI/c1-5-23-22(26-14-12-19(17-26)16-25(6-2)7-3)24-13-15-28-18-20-10-8-9-11-21(20)27-4;/h8-11,19H,5-7,12-18H2,1-4H3,(H,23,24);1H. The molecule has 1 aromatic rings. The first kappa shape index (κ1) is 26.0. The molecule has 0 radical (unpaired) electrons. The Morgan fingerprint density at radius 3 is 2.69 bits per heavy atom. The van der Waals surface area contributed by atoms with Gasteiger partial charge >= 0.3 is 0 Å². The minimum Gasteiger partial charge on any atom is -0.496 e. The van der Waals surface area contributed by atoms with Gasteiger partial charge in [0.25, 0.3) is 0 Å². The Morgan fingerprint density at radius 1 is 1.24 bits per heavy atom. The number of rotatable bonds is 11. The summed E-state index contributed by atoms with van der Waals surface area (Å²) >= 11 is 0. The molecule has 1 N–H and O–H groups in total. The highest BCUT2D eigenvalue weighted by molar-refractivity contribution is 14.0. The molecule has 0 spiro atoms. The Bertz CT molecular complexity index is 596. The number of nitrogens with one attached hydrogen (secondary N) is 1. The fourth-order valence-corrected chi connectivity index (χ4v) is 3.67. The van der Waals surface area contributed by atoms with Crippen LogP contribution in [0.3, 0.4) is 0 Å². The number of aliphatic imine (C=N–C) groups is 1. The second-order valence-electron chi connectivity index (χ2n) is 7.19. The summed E-state index contributed by atoms with van der Waals surface area (Å²) in [5.41, 5.74) is 1.07. The molecular weight excluding hydrogens is 479 g/mol. The normalized spacial score (nSPS) is 16.8. The van der Waals surface area contributed by atoms with Crippen molar-refractivity contribution in [2.75, 3.05) is 59.5 Å². The molecule has 6 nitrogen and oxygen atoms in total. The minimum atomic E-state index is 0. The Kier molecular flexibility index (Phi) is 13.3. The predicted octanol–water partition coefficient (Wildman–Crippen LogP) is 3.46. The van der Waals surface area contributed by atoms with Crippen molar-refractivity contribution in [2.45, 2.75) is 33.8 Å². The van der Waals surface area contributed by atoms with Crippen LogP contribution in [-0.2, 0) is 11.3 Å². The molecule has 0 saturated carbocycles. The highest BCUT2D eigenvalue weighted by atomic mass is 127. The molecule has 166 valence electrons. The highest BCUT2D eigenvalue weighted by Crippen LogP contribution is 2.19. The SMILES string of the molecule is CCNC(=NCCOCc1ccccc1OC)N1CCC(CN(CC)CC)C1.I. The number of hydrogen-bond donors (Lipinski definition) is 1. The molecule has 1 aliphatic rings. The van der Waals surface area contributed by atoms with Gasteiger partial charge in [-0.1, -0.05) is 32.0 Å². The first-order valence-electron chi connectivity index (χ1n) is 10.7. The average molecular weight is 518 g/mol. The van der Waals surface area contributed by atoms with Gasteiger partial charge in [0.1, 0.15) is 5.75 Å². The summed E-state index contributed by atoms with van der Waals surface area (Å²) in [5.74, 6) is 2.62. The lowest BCUT2D eigenvalue weighted by Crippen LogP contribution is -2.41. The lowest BCUT2D eigenvalue weighted by molar-refractivity contribution is 0.126. The smallest absolute Gasteiger partial charge is 0.194 e. The van der Waals surface area contributed by atoms with E-state index in [9.17, 15) is 0 Å². The molecule has 0 aliphatic carbocycles. The molecule has 1 heterocycles. The summed E-state index contributed by atoms with van der Waals surface area (Å²) in [6.45, 7) is 14.9. The molecule has 1 aromatic carbocycles. The lowest BCUT2D eigenvalue weighted by Gasteiger charge is -2.24. The quantitative estimate of drug-likeness (QED) is 0.211. The summed E-state index contributed by atoms with van der Waals surface area (Å²) in [7, 11) is 1.69. The first-order valence-corrected chi connectivity index (χ1v) is 10.7. The van der Waals surface area contributed by atoms with Crippen molar-refractivity contribution in [3.05, 3.63) is 29.8 Å². The zero-order chi connectivity index (χ0) is 20.2. The van der Waals surface area contributed by atoms with Gasteiger partial charge in [-0.25, -0.2) is 0 Å². The van der Waals surface area contributed by atoms with Crippen molar-refractivity contribution in [3.8, 4) is 5.75 Å². The topological polar surface area (TPSA) is 49.3 Å². The molecule has 7 heteroatoms. The number of likely N-dealkylation sites (tertiary alicyclic amines) is 1. The third kappa shape index (κ3) is 8.68. The summed E-state index contributed by atoms with van der Waals surface area (Å²) in [6.07, 6.45) is 1.24. The molecule has 2 rings (SSSR count). The second kappa shape index (κ2) is 14.8. The van der Waals surface area contributed by atoms with E-state index in [2.05, 4.69) is 35.9 Å². The van der Waals surface area contributed by atoms with Gasteiger partial charge in [-0.15, -0.1) is 24.0 Å². The van der Waals surface area contributed by atoms with Crippen LogP contribution < -0.4 is 10.1 Å². The van der Waals surface area contributed by atoms with Crippen molar-refractivity contribution in [3.63, 3.8) is 0 Å². The van der Waals surface area contributed by atoms with E-state index in [1.807, 2.05) is 24.3 Å². The van der Waals surface area contributed by atoms with Crippen LogP contribution in [0.4, 0.5) is 0 Å². The number of ether oxygens (including phenoxy) is 2. The second-order valence-corrected chi connectivity index (χ2v) is 7.19. The zero-order valence-electron chi connectivity index (χ0n) is 18.5. The fourth-order valence-electron chi connectivity index (χ4n) is 3.67. The van der Waals surface area contributed by atoms with Gasteiger partial charge in [0.05, 0.1) is 26.9 Å². The largest absolute Gasteiger partial charge is 0.496 e. The molecule has 0 aromatic heterocycles. The monoisotopic (exact) mass is 518 g/mol. The van der Waals surface area contributed by atoms with Crippen LogP contribution in [0.25, 0.3) is 0 Å². The maximum Gasteiger partial charge on any atom is 0.194 e. The summed E-state index contributed by atoms with van der Waals surface area (Å²) in [4.78, 5) is 9.70. The van der Waals surface area contributed by atoms with E-state index < -0.39 is 0 Å². The average Bonchev–Trinajstić information content (AvgIpc) is 3.19. The van der Waals surface area contributed by atoms with Gasteiger partial charge in [0, 0.05) is 31.7 Å². The maximum absolute atomic E-state index is 5.82. The van der Waals surface area contributed by atoms with E-state index in [-0.39, 0.29) is 24.0 Å². The molecule has 0 bridgehead atoms. The van der Waals surface area contributed by atoms with Crippen molar-refractivity contribution in [2.24, 2.45) is 10.9 Å². The van der Waals surface area contributed by atoms with E-state index in [0.29, 0.717) is 19.8 Å².